The van der Waals surface area contributed by atoms with Gasteiger partial charge in [-0.05, 0) is 19.8 Å². The number of rotatable bonds is 7. The van der Waals surface area contributed by atoms with Crippen molar-refractivity contribution in [3.8, 4) is 0 Å². The van der Waals surface area contributed by atoms with Crippen molar-refractivity contribution in [1.82, 2.24) is 5.32 Å². The molecule has 0 aromatic rings. The molecule has 7 heteroatoms. The molecule has 5 atom stereocenters. The summed E-state index contributed by atoms with van der Waals surface area (Å²) in [6, 6.07) is -1.54. The highest BCUT2D eigenvalue weighted by Gasteiger charge is 2.41. The quantitative estimate of drug-likeness (QED) is 0.539. The fraction of sp³-hybridized carbons (Fsp3) is 0.846. The van der Waals surface area contributed by atoms with Gasteiger partial charge in [-0.2, -0.15) is 11.8 Å². The number of thioether (sulfide) groups is 1. The van der Waals surface area contributed by atoms with Crippen molar-refractivity contribution in [2.24, 2.45) is 5.73 Å². The summed E-state index contributed by atoms with van der Waals surface area (Å²) in [6.07, 6.45) is 0.562. The van der Waals surface area contributed by atoms with Crippen molar-refractivity contribution < 1.29 is 19.8 Å². The van der Waals surface area contributed by atoms with Crippen LogP contribution in [-0.4, -0.2) is 50.3 Å². The van der Waals surface area contributed by atoms with E-state index in [4.69, 9.17) is 10.8 Å². The molecule has 5 N–H and O–H groups in total. The van der Waals surface area contributed by atoms with Crippen molar-refractivity contribution in [2.75, 3.05) is 0 Å². The lowest BCUT2D eigenvalue weighted by Crippen LogP contribution is -2.51. The van der Waals surface area contributed by atoms with Gasteiger partial charge in [-0.1, -0.05) is 13.8 Å². The topological polar surface area (TPSA) is 113 Å². The molecule has 0 bridgehead atoms. The van der Waals surface area contributed by atoms with Crippen molar-refractivity contribution >= 4 is 23.6 Å². The van der Waals surface area contributed by atoms with E-state index in [-0.39, 0.29) is 4.75 Å². The second-order valence-electron chi connectivity index (χ2n) is 5.86. The van der Waals surface area contributed by atoms with Crippen LogP contribution in [0.4, 0.5) is 0 Å². The lowest BCUT2D eigenvalue weighted by molar-refractivity contribution is -0.139. The zero-order chi connectivity index (χ0) is 15.5. The van der Waals surface area contributed by atoms with E-state index in [0.29, 0.717) is 11.7 Å². The number of nitrogens with one attached hydrogen (secondary N) is 1. The molecule has 1 aliphatic rings. The van der Waals surface area contributed by atoms with Crippen molar-refractivity contribution in [1.29, 1.82) is 0 Å². The van der Waals surface area contributed by atoms with Crippen LogP contribution in [-0.2, 0) is 9.59 Å². The van der Waals surface area contributed by atoms with Crippen LogP contribution < -0.4 is 11.1 Å². The second kappa shape index (κ2) is 6.78. The molecule has 6 nitrogen and oxygen atoms in total. The Morgan fingerprint density at radius 1 is 1.55 bits per heavy atom. The number of amides is 1. The third-order valence-electron chi connectivity index (χ3n) is 3.52. The van der Waals surface area contributed by atoms with E-state index in [1.165, 1.54) is 0 Å². The summed E-state index contributed by atoms with van der Waals surface area (Å²) in [5.41, 5.74) is 5.47. The van der Waals surface area contributed by atoms with E-state index in [0.717, 1.165) is 6.42 Å². The Morgan fingerprint density at radius 3 is 2.55 bits per heavy atom. The van der Waals surface area contributed by atoms with Crippen LogP contribution in [0, 0.1) is 0 Å². The van der Waals surface area contributed by atoms with Gasteiger partial charge >= 0.3 is 5.97 Å². The molecular formula is C13H24N2O4S. The lowest BCUT2D eigenvalue weighted by Gasteiger charge is -2.45. The standard InChI is InChI=1S/C13H24N2O4S/c1-7-5-13(3,20-7)6-10(16)8(2)15-12(19)9(14)4-11(17)18/h7-10,16H,4-6,14H2,1-3H3,(H,15,19)(H,17,18)/t7?,8?,9-,10?,13?/m0/s1. The maximum Gasteiger partial charge on any atom is 0.305 e. The summed E-state index contributed by atoms with van der Waals surface area (Å²) >= 11 is 1.84. The molecule has 1 amide bonds. The van der Waals surface area contributed by atoms with Gasteiger partial charge in [-0.3, -0.25) is 9.59 Å². The van der Waals surface area contributed by atoms with Gasteiger partial charge in [-0.25, -0.2) is 0 Å². The van der Waals surface area contributed by atoms with Crippen molar-refractivity contribution in [3.05, 3.63) is 0 Å². The highest BCUT2D eigenvalue weighted by molar-refractivity contribution is 8.02. The first kappa shape index (κ1) is 17.3. The van der Waals surface area contributed by atoms with Gasteiger partial charge in [-0.15, -0.1) is 0 Å². The number of carboxylic acid groups (broad SMARTS) is 1. The third kappa shape index (κ3) is 4.96. The number of hydrogen-bond acceptors (Lipinski definition) is 5. The molecule has 4 unspecified atom stereocenters. The highest BCUT2D eigenvalue weighted by Crippen LogP contribution is 2.49. The number of aliphatic hydroxyl groups excluding tert-OH is 1. The summed E-state index contributed by atoms with van der Waals surface area (Å²) in [6.45, 7) is 5.95. The smallest absolute Gasteiger partial charge is 0.305 e. The van der Waals surface area contributed by atoms with Crippen LogP contribution >= 0.6 is 11.8 Å². The number of carbonyl (C=O) groups excluding carboxylic acids is 1. The fourth-order valence-corrected chi connectivity index (χ4v) is 4.28. The van der Waals surface area contributed by atoms with Gasteiger partial charge in [0.05, 0.1) is 24.6 Å². The van der Waals surface area contributed by atoms with Gasteiger partial charge < -0.3 is 21.3 Å². The Bertz CT molecular complexity index is 371. The Morgan fingerprint density at radius 2 is 2.10 bits per heavy atom. The lowest BCUT2D eigenvalue weighted by atomic mass is 9.93. The maximum absolute atomic E-state index is 11.7. The summed E-state index contributed by atoms with van der Waals surface area (Å²) < 4.78 is 0.0565. The number of nitrogens with two attached hydrogens (primary N) is 1. The van der Waals surface area contributed by atoms with Crippen molar-refractivity contribution in [3.63, 3.8) is 0 Å². The van der Waals surface area contributed by atoms with Gasteiger partial charge in [0.25, 0.3) is 0 Å². The summed E-state index contributed by atoms with van der Waals surface area (Å²) in [5.74, 6) is -1.66. The fourth-order valence-electron chi connectivity index (χ4n) is 2.54. The largest absolute Gasteiger partial charge is 0.481 e. The van der Waals surface area contributed by atoms with E-state index in [1.54, 1.807) is 6.92 Å². The van der Waals surface area contributed by atoms with Crippen LogP contribution in [0.1, 0.15) is 40.0 Å². The minimum absolute atomic E-state index is 0.0565. The zero-order valence-electron chi connectivity index (χ0n) is 12.1. The molecule has 1 saturated heterocycles. The number of aliphatic hydroxyl groups is 1. The maximum atomic E-state index is 11.7. The summed E-state index contributed by atoms with van der Waals surface area (Å²) in [7, 11) is 0. The Kier molecular flexibility index (Phi) is 5.85. The minimum Gasteiger partial charge on any atom is -0.481 e. The first-order chi connectivity index (χ1) is 9.13. The van der Waals surface area contributed by atoms with Gasteiger partial charge in [0.2, 0.25) is 5.91 Å². The summed E-state index contributed by atoms with van der Waals surface area (Å²) in [4.78, 5) is 22.2. The summed E-state index contributed by atoms with van der Waals surface area (Å²) in [5, 5.41) is 21.9. The minimum atomic E-state index is -1.12. The molecule has 20 heavy (non-hydrogen) atoms. The number of hydrogen-bond donors (Lipinski definition) is 4. The zero-order valence-corrected chi connectivity index (χ0v) is 12.9. The molecule has 0 saturated carbocycles. The van der Waals surface area contributed by atoms with Crippen LogP contribution in [0.2, 0.25) is 0 Å². The van der Waals surface area contributed by atoms with Gasteiger partial charge in [0, 0.05) is 10.00 Å². The van der Waals surface area contributed by atoms with Crippen LogP contribution in [0.5, 0.6) is 0 Å². The predicted molar refractivity (Wildman–Crippen MR) is 78.5 cm³/mol. The van der Waals surface area contributed by atoms with Crippen LogP contribution in [0.3, 0.4) is 0 Å². The molecule has 0 spiro atoms. The van der Waals surface area contributed by atoms with Crippen molar-refractivity contribution in [2.45, 2.75) is 68.2 Å². The Balaban J connectivity index is 2.39. The molecule has 0 radical (unpaired) electrons. The first-order valence-corrected chi connectivity index (χ1v) is 7.64. The Labute approximate surface area is 123 Å². The highest BCUT2D eigenvalue weighted by atomic mass is 32.2. The SMILES string of the molecule is CC1CC(C)(CC(O)C(C)NC(=O)[C@@H](N)CC(=O)O)S1. The predicted octanol–water partition coefficient (Wildman–Crippen LogP) is 0.328. The second-order valence-corrected chi connectivity index (χ2v) is 7.88. The average molecular weight is 304 g/mol. The van der Waals surface area contributed by atoms with E-state index >= 15 is 0 Å². The molecule has 1 rings (SSSR count). The average Bonchev–Trinajstić information content (AvgIpc) is 2.25. The van der Waals surface area contributed by atoms with E-state index in [1.807, 2.05) is 11.8 Å². The molecule has 0 aromatic carbocycles. The first-order valence-electron chi connectivity index (χ1n) is 6.76. The Hall–Kier alpha value is -0.790. The van der Waals surface area contributed by atoms with Crippen LogP contribution in [0.25, 0.3) is 0 Å². The molecular weight excluding hydrogens is 280 g/mol. The third-order valence-corrected chi connectivity index (χ3v) is 5.00. The molecule has 0 aliphatic carbocycles. The molecule has 1 fully saturated rings. The number of carboxylic acids is 1. The molecule has 1 heterocycles. The van der Waals surface area contributed by atoms with Crippen LogP contribution in [0.15, 0.2) is 0 Å². The number of carbonyl (C=O) groups is 2. The molecule has 116 valence electrons. The normalized spacial score (nSPS) is 29.9. The van der Waals surface area contributed by atoms with E-state index < -0.39 is 36.5 Å². The molecule has 0 aromatic heterocycles. The van der Waals surface area contributed by atoms with E-state index in [9.17, 15) is 14.7 Å². The number of aliphatic carboxylic acids is 1. The van der Waals surface area contributed by atoms with Gasteiger partial charge in [0.15, 0.2) is 0 Å². The molecule has 1 aliphatic heterocycles. The van der Waals surface area contributed by atoms with E-state index in [2.05, 4.69) is 19.2 Å². The monoisotopic (exact) mass is 304 g/mol. The van der Waals surface area contributed by atoms with Gasteiger partial charge in [0.1, 0.15) is 0 Å².